The van der Waals surface area contributed by atoms with E-state index in [1.54, 1.807) is 29.4 Å². The van der Waals surface area contributed by atoms with E-state index in [2.05, 4.69) is 19.7 Å². The molecule has 166 valence electrons. The molecule has 1 amide bonds. The van der Waals surface area contributed by atoms with Gasteiger partial charge in [-0.2, -0.15) is 8.78 Å². The fourth-order valence-electron chi connectivity index (χ4n) is 4.65. The number of benzene rings is 2. The van der Waals surface area contributed by atoms with Crippen molar-refractivity contribution >= 4 is 38.9 Å². The van der Waals surface area contributed by atoms with Gasteiger partial charge in [0.25, 0.3) is 0 Å². The predicted molar refractivity (Wildman–Crippen MR) is 117 cm³/mol. The van der Waals surface area contributed by atoms with Crippen molar-refractivity contribution in [3.8, 4) is 5.75 Å². The van der Waals surface area contributed by atoms with Crippen LogP contribution in [-0.2, 0) is 11.3 Å². The van der Waals surface area contributed by atoms with Crippen LogP contribution in [0.5, 0.6) is 5.75 Å². The van der Waals surface area contributed by atoms with Crippen molar-refractivity contribution in [2.24, 2.45) is 0 Å². The molecule has 9 heteroatoms. The Morgan fingerprint density at radius 3 is 2.94 bits per heavy atom. The molecule has 2 aromatic carbocycles. The normalized spacial score (nSPS) is 16.6. The number of aromatic nitrogens is 3. The Labute approximate surface area is 186 Å². The number of H-pyrrole nitrogens is 1. The summed E-state index contributed by atoms with van der Waals surface area (Å²) in [6.07, 6.45) is 3.52. The van der Waals surface area contributed by atoms with Crippen LogP contribution in [0.1, 0.15) is 23.7 Å². The van der Waals surface area contributed by atoms with Gasteiger partial charge in [0.1, 0.15) is 11.4 Å². The molecule has 0 spiro atoms. The Bertz CT molecular complexity index is 1480. The Morgan fingerprint density at radius 2 is 2.09 bits per heavy atom. The van der Waals surface area contributed by atoms with E-state index in [1.165, 1.54) is 6.07 Å². The number of fused-ring (bicyclic) bond motifs is 4. The summed E-state index contributed by atoms with van der Waals surface area (Å²) in [4.78, 5) is 26.6. The lowest BCUT2D eigenvalue weighted by atomic mass is 9.93. The van der Waals surface area contributed by atoms with E-state index in [4.69, 9.17) is 4.42 Å². The number of nitrogens with zero attached hydrogens (tertiary/aromatic N) is 3. The summed E-state index contributed by atoms with van der Waals surface area (Å²) in [6.45, 7) is -2.13. The summed E-state index contributed by atoms with van der Waals surface area (Å²) in [5.74, 6) is 0.552. The molecule has 0 radical (unpaired) electrons. The summed E-state index contributed by atoms with van der Waals surface area (Å²) < 4.78 is 36.5. The molecular formula is C24H18F2N4O3. The van der Waals surface area contributed by atoms with Crippen LogP contribution in [0.4, 0.5) is 8.78 Å². The Kier molecular flexibility index (Phi) is 4.49. The molecule has 1 atom stereocenters. The highest BCUT2D eigenvalue weighted by atomic mass is 19.3. The van der Waals surface area contributed by atoms with E-state index < -0.39 is 6.61 Å². The number of hydrogen-bond donors (Lipinski definition) is 1. The van der Waals surface area contributed by atoms with Gasteiger partial charge in [-0.25, -0.2) is 4.98 Å². The van der Waals surface area contributed by atoms with E-state index in [9.17, 15) is 13.6 Å². The second kappa shape index (κ2) is 7.54. The van der Waals surface area contributed by atoms with Gasteiger partial charge in [0.2, 0.25) is 5.91 Å². The maximum atomic E-state index is 13.0. The quantitative estimate of drug-likeness (QED) is 0.410. The molecule has 1 aliphatic rings. The molecule has 0 aliphatic carbocycles. The van der Waals surface area contributed by atoms with Gasteiger partial charge in [0, 0.05) is 42.0 Å². The van der Waals surface area contributed by atoms with Crippen molar-refractivity contribution in [2.75, 3.05) is 6.54 Å². The number of imidazole rings is 1. The number of amides is 1. The van der Waals surface area contributed by atoms with E-state index in [-0.39, 0.29) is 23.2 Å². The number of furan rings is 1. The number of para-hydroxylation sites is 2. The van der Waals surface area contributed by atoms with Gasteiger partial charge in [-0.3, -0.25) is 9.78 Å². The van der Waals surface area contributed by atoms with Gasteiger partial charge in [-0.1, -0.05) is 18.2 Å². The molecule has 0 bridgehead atoms. The van der Waals surface area contributed by atoms with E-state index in [0.717, 1.165) is 16.6 Å². The molecular weight excluding hydrogens is 430 g/mol. The van der Waals surface area contributed by atoms with Crippen molar-refractivity contribution in [3.63, 3.8) is 0 Å². The van der Waals surface area contributed by atoms with Crippen LogP contribution in [0.25, 0.3) is 33.0 Å². The Balaban J connectivity index is 1.36. The number of nitrogens with one attached hydrogen (secondary N) is 1. The maximum absolute atomic E-state index is 13.0. The lowest BCUT2D eigenvalue weighted by molar-refractivity contribution is -0.128. The molecule has 1 unspecified atom stereocenters. The molecule has 5 aromatic rings. The monoisotopic (exact) mass is 448 g/mol. The first kappa shape index (κ1) is 19.7. The lowest BCUT2D eigenvalue weighted by Crippen LogP contribution is -2.25. The number of pyridine rings is 1. The van der Waals surface area contributed by atoms with Crippen LogP contribution in [0.2, 0.25) is 0 Å². The topological polar surface area (TPSA) is 84.2 Å². The second-order valence-corrected chi connectivity index (χ2v) is 8.09. The van der Waals surface area contributed by atoms with Gasteiger partial charge < -0.3 is 19.0 Å². The first-order valence-corrected chi connectivity index (χ1v) is 10.5. The summed E-state index contributed by atoms with van der Waals surface area (Å²) in [5.41, 5.74) is 3.38. The van der Waals surface area contributed by atoms with Crippen molar-refractivity contribution < 1.29 is 22.7 Å². The molecule has 1 aliphatic heterocycles. The first-order chi connectivity index (χ1) is 16.1. The molecule has 33 heavy (non-hydrogen) atoms. The zero-order valence-corrected chi connectivity index (χ0v) is 17.3. The van der Waals surface area contributed by atoms with Crippen LogP contribution < -0.4 is 4.74 Å². The molecule has 4 heterocycles. The number of hydrogen-bond acceptors (Lipinski definition) is 5. The molecule has 6 rings (SSSR count). The fraction of sp³-hybridized carbons (Fsp3) is 0.208. The van der Waals surface area contributed by atoms with Gasteiger partial charge >= 0.3 is 6.61 Å². The number of ether oxygens (including phenoxy) is 1. The number of halogens is 2. The summed E-state index contributed by atoms with van der Waals surface area (Å²) in [7, 11) is 0. The molecule has 3 aromatic heterocycles. The summed E-state index contributed by atoms with van der Waals surface area (Å²) in [5, 5.41) is 1.35. The number of alkyl halides is 2. The van der Waals surface area contributed by atoms with E-state index in [0.29, 0.717) is 41.7 Å². The lowest BCUT2D eigenvalue weighted by Gasteiger charge is -2.16. The van der Waals surface area contributed by atoms with Crippen LogP contribution in [0, 0.1) is 0 Å². The molecule has 1 saturated heterocycles. The van der Waals surface area contributed by atoms with Crippen LogP contribution in [-0.4, -0.2) is 38.9 Å². The molecule has 1 fully saturated rings. The average molecular weight is 448 g/mol. The highest BCUT2D eigenvalue weighted by molar-refractivity contribution is 6.08. The maximum Gasteiger partial charge on any atom is 0.387 e. The average Bonchev–Trinajstić information content (AvgIpc) is 3.49. The van der Waals surface area contributed by atoms with Crippen molar-refractivity contribution in [3.05, 3.63) is 66.2 Å². The zero-order valence-electron chi connectivity index (χ0n) is 17.3. The van der Waals surface area contributed by atoms with Crippen molar-refractivity contribution in [1.82, 2.24) is 19.9 Å². The molecule has 1 N–H and O–H groups in total. The number of carbonyl (C=O) groups excluding carboxylic acids is 1. The number of aromatic amines is 1. The first-order valence-electron chi connectivity index (χ1n) is 10.5. The van der Waals surface area contributed by atoms with Gasteiger partial charge in [-0.15, -0.1) is 0 Å². The third-order valence-corrected chi connectivity index (χ3v) is 6.07. The van der Waals surface area contributed by atoms with Crippen molar-refractivity contribution in [1.29, 1.82) is 0 Å². The minimum absolute atomic E-state index is 0.00689. The molecule has 7 nitrogen and oxygen atoms in total. The molecule has 0 saturated carbocycles. The standard InChI is InChI=1S/C24H18F2N4O3/c25-24(26)33-19-6-5-14(22-15-10-27-8-7-18(15)32-23(19)22)13-9-21(31)30(11-13)12-20-28-16-3-1-2-4-17(16)29-20/h1-8,10,13,24H,9,11-12H2,(H,28,29). The smallest absolute Gasteiger partial charge is 0.387 e. The second-order valence-electron chi connectivity index (χ2n) is 8.09. The minimum Gasteiger partial charge on any atom is -0.452 e. The number of likely N-dealkylation sites (tertiary alicyclic amines) is 1. The van der Waals surface area contributed by atoms with Gasteiger partial charge in [0.15, 0.2) is 11.3 Å². The fourth-order valence-corrected chi connectivity index (χ4v) is 4.65. The zero-order chi connectivity index (χ0) is 22.5. The van der Waals surface area contributed by atoms with E-state index in [1.807, 2.05) is 24.3 Å². The largest absolute Gasteiger partial charge is 0.452 e. The summed E-state index contributed by atoms with van der Waals surface area (Å²) >= 11 is 0. The van der Waals surface area contributed by atoms with Crippen molar-refractivity contribution in [2.45, 2.75) is 25.5 Å². The number of carbonyl (C=O) groups is 1. The Hall–Kier alpha value is -4.01. The Morgan fingerprint density at radius 1 is 1.21 bits per heavy atom. The van der Waals surface area contributed by atoms with E-state index >= 15 is 0 Å². The number of rotatable bonds is 5. The van der Waals surface area contributed by atoms with Gasteiger partial charge in [-0.05, 0) is 29.8 Å². The minimum atomic E-state index is -2.97. The highest BCUT2D eigenvalue weighted by Crippen LogP contribution is 2.42. The highest BCUT2D eigenvalue weighted by Gasteiger charge is 2.33. The predicted octanol–water partition coefficient (Wildman–Crippen LogP) is 4.97. The summed E-state index contributed by atoms with van der Waals surface area (Å²) in [6, 6.07) is 12.6. The third-order valence-electron chi connectivity index (χ3n) is 6.07. The van der Waals surface area contributed by atoms with Crippen LogP contribution in [0.15, 0.2) is 59.3 Å². The SMILES string of the molecule is O=C1CC(c2ccc(OC(F)F)c3oc4ccncc4c23)CN1Cc1nc2ccccc2[nH]1. The van der Waals surface area contributed by atoms with Gasteiger partial charge in [0.05, 0.1) is 17.6 Å². The third kappa shape index (κ3) is 3.36. The van der Waals surface area contributed by atoms with Crippen LogP contribution >= 0.6 is 0 Å². The van der Waals surface area contributed by atoms with Crippen LogP contribution in [0.3, 0.4) is 0 Å².